The van der Waals surface area contributed by atoms with E-state index < -0.39 is 0 Å². The fraction of sp³-hybridized carbons (Fsp3) is 1.00. The van der Waals surface area contributed by atoms with Gasteiger partial charge in [0.05, 0.1) is 32.0 Å². The summed E-state index contributed by atoms with van der Waals surface area (Å²) in [6.07, 6.45) is 1.03. The third-order valence-corrected chi connectivity index (χ3v) is 2.26. The van der Waals surface area contributed by atoms with E-state index in [-0.39, 0.29) is 11.1 Å². The van der Waals surface area contributed by atoms with Crippen LogP contribution in [-0.4, -0.2) is 50.7 Å². The average molecular weight is 275 g/mol. The van der Waals surface area contributed by atoms with Crippen LogP contribution in [0.25, 0.3) is 0 Å². The Bertz CT molecular complexity index is 184. The third-order valence-electron chi connectivity index (χ3n) is 2.26. The molecule has 0 aliphatic carbocycles. The number of hydrogen-bond donors (Lipinski definition) is 1. The number of rotatable bonds is 10. The standard InChI is InChI=1S/C15H33NO3/c1-14(2,3)16-8-7-9-17-10-11-18-12-13-19-15(4,5)6/h16H,7-13H2,1-6H3. The first-order chi connectivity index (χ1) is 8.71. The summed E-state index contributed by atoms with van der Waals surface area (Å²) < 4.78 is 16.5. The molecule has 0 rings (SSSR count). The molecule has 4 nitrogen and oxygen atoms in total. The third kappa shape index (κ3) is 17.8. The van der Waals surface area contributed by atoms with E-state index in [1.807, 2.05) is 20.8 Å². The van der Waals surface area contributed by atoms with Gasteiger partial charge < -0.3 is 19.5 Å². The molecule has 0 heterocycles. The Morgan fingerprint density at radius 1 is 0.737 bits per heavy atom. The zero-order valence-electron chi connectivity index (χ0n) is 13.7. The molecule has 0 aromatic rings. The van der Waals surface area contributed by atoms with Gasteiger partial charge in [-0.1, -0.05) is 0 Å². The van der Waals surface area contributed by atoms with Crippen molar-refractivity contribution in [2.45, 2.75) is 59.1 Å². The van der Waals surface area contributed by atoms with E-state index in [4.69, 9.17) is 14.2 Å². The molecule has 0 radical (unpaired) electrons. The van der Waals surface area contributed by atoms with E-state index in [0.29, 0.717) is 26.4 Å². The lowest BCUT2D eigenvalue weighted by atomic mass is 10.1. The zero-order valence-corrected chi connectivity index (χ0v) is 13.7. The summed E-state index contributed by atoms with van der Waals surface area (Å²) in [7, 11) is 0. The lowest BCUT2D eigenvalue weighted by Crippen LogP contribution is -2.36. The molecule has 0 atom stereocenters. The summed E-state index contributed by atoms with van der Waals surface area (Å²) in [6, 6.07) is 0. The van der Waals surface area contributed by atoms with Gasteiger partial charge in [-0.2, -0.15) is 0 Å². The Hall–Kier alpha value is -0.160. The van der Waals surface area contributed by atoms with Crippen molar-refractivity contribution in [3.8, 4) is 0 Å². The smallest absolute Gasteiger partial charge is 0.0707 e. The Labute approximate surface area is 119 Å². The first-order valence-corrected chi connectivity index (χ1v) is 7.25. The highest BCUT2D eigenvalue weighted by molar-refractivity contribution is 4.69. The van der Waals surface area contributed by atoms with Crippen molar-refractivity contribution in [2.24, 2.45) is 0 Å². The maximum atomic E-state index is 5.55. The first kappa shape index (κ1) is 18.8. The molecular formula is C15H33NO3. The fourth-order valence-corrected chi connectivity index (χ4v) is 1.37. The maximum Gasteiger partial charge on any atom is 0.0707 e. The van der Waals surface area contributed by atoms with Crippen molar-refractivity contribution in [2.75, 3.05) is 39.6 Å². The Morgan fingerprint density at radius 3 is 1.79 bits per heavy atom. The van der Waals surface area contributed by atoms with E-state index in [1.165, 1.54) is 0 Å². The van der Waals surface area contributed by atoms with Gasteiger partial charge in [-0.3, -0.25) is 0 Å². The molecule has 0 aromatic carbocycles. The zero-order chi connectivity index (χ0) is 14.8. The Morgan fingerprint density at radius 2 is 1.26 bits per heavy atom. The van der Waals surface area contributed by atoms with Gasteiger partial charge in [0.25, 0.3) is 0 Å². The van der Waals surface area contributed by atoms with Gasteiger partial charge in [-0.15, -0.1) is 0 Å². The van der Waals surface area contributed by atoms with Crippen molar-refractivity contribution in [3.05, 3.63) is 0 Å². The van der Waals surface area contributed by atoms with Gasteiger partial charge >= 0.3 is 0 Å². The van der Waals surface area contributed by atoms with Gasteiger partial charge in [0.2, 0.25) is 0 Å². The average Bonchev–Trinajstić information content (AvgIpc) is 2.22. The molecule has 0 saturated heterocycles. The van der Waals surface area contributed by atoms with Gasteiger partial charge in [0.15, 0.2) is 0 Å². The molecule has 0 aromatic heterocycles. The van der Waals surface area contributed by atoms with Gasteiger partial charge in [0, 0.05) is 12.1 Å². The van der Waals surface area contributed by atoms with Gasteiger partial charge in [0.1, 0.15) is 0 Å². The second-order valence-corrected chi connectivity index (χ2v) is 6.72. The van der Waals surface area contributed by atoms with Crippen LogP contribution in [0.4, 0.5) is 0 Å². The second kappa shape index (κ2) is 9.70. The topological polar surface area (TPSA) is 39.7 Å². The van der Waals surface area contributed by atoms with E-state index in [9.17, 15) is 0 Å². The van der Waals surface area contributed by atoms with Crippen molar-refractivity contribution >= 4 is 0 Å². The Kier molecular flexibility index (Phi) is 9.62. The van der Waals surface area contributed by atoms with Gasteiger partial charge in [-0.05, 0) is 54.5 Å². The van der Waals surface area contributed by atoms with E-state index in [1.54, 1.807) is 0 Å². The SMILES string of the molecule is CC(C)(C)NCCCOCCOCCOC(C)(C)C. The molecule has 0 aliphatic rings. The van der Waals surface area contributed by atoms with Crippen molar-refractivity contribution in [1.82, 2.24) is 5.32 Å². The molecule has 0 fully saturated rings. The molecule has 0 amide bonds. The molecule has 1 N–H and O–H groups in total. The van der Waals surface area contributed by atoms with Crippen LogP contribution in [-0.2, 0) is 14.2 Å². The number of nitrogens with one attached hydrogen (secondary N) is 1. The molecule has 0 unspecified atom stereocenters. The van der Waals surface area contributed by atoms with Crippen molar-refractivity contribution in [3.63, 3.8) is 0 Å². The highest BCUT2D eigenvalue weighted by atomic mass is 16.5. The lowest BCUT2D eigenvalue weighted by Gasteiger charge is -2.20. The van der Waals surface area contributed by atoms with Crippen LogP contribution in [0.5, 0.6) is 0 Å². The predicted molar refractivity (Wildman–Crippen MR) is 79.7 cm³/mol. The number of ether oxygens (including phenoxy) is 3. The minimum absolute atomic E-state index is 0.0834. The highest BCUT2D eigenvalue weighted by Gasteiger charge is 2.09. The van der Waals surface area contributed by atoms with Crippen LogP contribution in [0.1, 0.15) is 48.0 Å². The summed E-state index contributed by atoms with van der Waals surface area (Å²) >= 11 is 0. The summed E-state index contributed by atoms with van der Waals surface area (Å²) in [5, 5.41) is 3.43. The van der Waals surface area contributed by atoms with Crippen molar-refractivity contribution < 1.29 is 14.2 Å². The first-order valence-electron chi connectivity index (χ1n) is 7.25. The molecular weight excluding hydrogens is 242 g/mol. The minimum atomic E-state index is -0.0834. The second-order valence-electron chi connectivity index (χ2n) is 6.72. The molecule has 0 saturated carbocycles. The van der Waals surface area contributed by atoms with Crippen LogP contribution in [0.15, 0.2) is 0 Å². The van der Waals surface area contributed by atoms with Crippen LogP contribution < -0.4 is 5.32 Å². The van der Waals surface area contributed by atoms with E-state index in [2.05, 4.69) is 26.1 Å². The van der Waals surface area contributed by atoms with Crippen LogP contribution in [0, 0.1) is 0 Å². The molecule has 19 heavy (non-hydrogen) atoms. The molecule has 0 aliphatic heterocycles. The monoisotopic (exact) mass is 275 g/mol. The summed E-state index contributed by atoms with van der Waals surface area (Å²) in [5.41, 5.74) is 0.107. The normalized spacial score (nSPS) is 12.9. The highest BCUT2D eigenvalue weighted by Crippen LogP contribution is 2.05. The summed E-state index contributed by atoms with van der Waals surface area (Å²) in [4.78, 5) is 0. The minimum Gasteiger partial charge on any atom is -0.379 e. The summed E-state index contributed by atoms with van der Waals surface area (Å²) in [5.74, 6) is 0. The van der Waals surface area contributed by atoms with E-state index >= 15 is 0 Å². The van der Waals surface area contributed by atoms with E-state index in [0.717, 1.165) is 19.6 Å². The van der Waals surface area contributed by atoms with Crippen molar-refractivity contribution in [1.29, 1.82) is 0 Å². The van der Waals surface area contributed by atoms with Gasteiger partial charge in [-0.25, -0.2) is 0 Å². The van der Waals surface area contributed by atoms with Crippen LogP contribution >= 0.6 is 0 Å². The predicted octanol–water partition coefficient (Wildman–Crippen LogP) is 2.61. The molecule has 116 valence electrons. The molecule has 0 spiro atoms. The maximum absolute atomic E-state index is 5.55. The van der Waals surface area contributed by atoms with Crippen LogP contribution in [0.2, 0.25) is 0 Å². The van der Waals surface area contributed by atoms with Crippen LogP contribution in [0.3, 0.4) is 0 Å². The Balaban J connectivity index is 3.12. The molecule has 0 bridgehead atoms. The lowest BCUT2D eigenvalue weighted by molar-refractivity contribution is -0.0425. The largest absolute Gasteiger partial charge is 0.379 e. The molecule has 4 heteroatoms. The number of hydrogen-bond acceptors (Lipinski definition) is 4. The fourth-order valence-electron chi connectivity index (χ4n) is 1.37. The quantitative estimate of drug-likeness (QED) is 0.622. The summed E-state index contributed by atoms with van der Waals surface area (Å²) in [6.45, 7) is 17.0.